The first-order valence-corrected chi connectivity index (χ1v) is 6.03. The third-order valence-corrected chi connectivity index (χ3v) is 2.85. The Bertz CT molecular complexity index is 682. The molecule has 2 rings (SSSR count). The number of hydrogen-bond acceptors (Lipinski definition) is 5. The SMILES string of the molecule is Cc1oc(C(=O)NN)cc1COc1ccc(C=O)cc1F. The van der Waals surface area contributed by atoms with Crippen LogP contribution in [-0.4, -0.2) is 12.2 Å². The standard InChI is InChI=1S/C14H13FN2O4/c1-8-10(5-13(21-8)14(19)17-16)7-20-12-3-2-9(6-18)4-11(12)15/h2-6H,7,16H2,1H3,(H,17,19). The summed E-state index contributed by atoms with van der Waals surface area (Å²) < 4.78 is 24.2. The van der Waals surface area contributed by atoms with Crippen molar-refractivity contribution in [1.29, 1.82) is 0 Å². The van der Waals surface area contributed by atoms with Crippen molar-refractivity contribution in [3.8, 4) is 5.75 Å². The van der Waals surface area contributed by atoms with Gasteiger partial charge in [-0.05, 0) is 31.2 Å². The molecule has 7 heteroatoms. The van der Waals surface area contributed by atoms with E-state index in [4.69, 9.17) is 15.0 Å². The fraction of sp³-hybridized carbons (Fsp3) is 0.143. The Labute approximate surface area is 119 Å². The molecule has 1 amide bonds. The molecule has 0 fully saturated rings. The highest BCUT2D eigenvalue weighted by molar-refractivity contribution is 5.91. The summed E-state index contributed by atoms with van der Waals surface area (Å²) in [6, 6.07) is 5.36. The minimum atomic E-state index is -0.638. The summed E-state index contributed by atoms with van der Waals surface area (Å²) in [7, 11) is 0. The quantitative estimate of drug-likeness (QED) is 0.379. The van der Waals surface area contributed by atoms with Gasteiger partial charge in [0.1, 0.15) is 18.7 Å². The van der Waals surface area contributed by atoms with Crippen molar-refractivity contribution in [2.45, 2.75) is 13.5 Å². The monoisotopic (exact) mass is 292 g/mol. The van der Waals surface area contributed by atoms with Gasteiger partial charge in [-0.25, -0.2) is 10.2 Å². The second-order valence-corrected chi connectivity index (χ2v) is 4.26. The number of carbonyl (C=O) groups excluding carboxylic acids is 2. The van der Waals surface area contributed by atoms with E-state index in [9.17, 15) is 14.0 Å². The van der Waals surface area contributed by atoms with E-state index >= 15 is 0 Å². The number of hydrazine groups is 1. The average molecular weight is 292 g/mol. The third-order valence-electron chi connectivity index (χ3n) is 2.85. The Morgan fingerprint density at radius 1 is 1.48 bits per heavy atom. The lowest BCUT2D eigenvalue weighted by Gasteiger charge is -2.06. The van der Waals surface area contributed by atoms with Gasteiger partial charge in [0.2, 0.25) is 0 Å². The van der Waals surface area contributed by atoms with E-state index in [1.807, 2.05) is 5.43 Å². The number of nitrogen functional groups attached to an aromatic ring is 1. The minimum Gasteiger partial charge on any atom is -0.486 e. The van der Waals surface area contributed by atoms with E-state index in [2.05, 4.69) is 0 Å². The number of benzene rings is 1. The summed E-state index contributed by atoms with van der Waals surface area (Å²) in [5, 5.41) is 0. The molecule has 1 aromatic heterocycles. The molecule has 0 aliphatic heterocycles. The van der Waals surface area contributed by atoms with E-state index in [1.54, 1.807) is 6.92 Å². The Morgan fingerprint density at radius 2 is 2.24 bits per heavy atom. The van der Waals surface area contributed by atoms with Crippen LogP contribution in [0.5, 0.6) is 5.75 Å². The van der Waals surface area contributed by atoms with Crippen LogP contribution in [0.25, 0.3) is 0 Å². The van der Waals surface area contributed by atoms with Crippen LogP contribution in [0.3, 0.4) is 0 Å². The normalized spacial score (nSPS) is 10.2. The van der Waals surface area contributed by atoms with Gasteiger partial charge >= 0.3 is 5.91 Å². The number of nitrogens with two attached hydrogens (primary N) is 1. The summed E-state index contributed by atoms with van der Waals surface area (Å²) in [6.07, 6.45) is 0.546. The topological polar surface area (TPSA) is 94.6 Å². The molecular formula is C14H13FN2O4. The molecule has 1 heterocycles. The molecule has 21 heavy (non-hydrogen) atoms. The number of amides is 1. The van der Waals surface area contributed by atoms with Crippen LogP contribution < -0.4 is 16.0 Å². The molecule has 0 saturated carbocycles. The zero-order valence-corrected chi connectivity index (χ0v) is 11.2. The number of nitrogens with one attached hydrogen (secondary N) is 1. The molecule has 3 N–H and O–H groups in total. The summed E-state index contributed by atoms with van der Waals surface area (Å²) in [5.74, 6) is 4.33. The molecule has 0 atom stereocenters. The van der Waals surface area contributed by atoms with Crippen LogP contribution in [0.4, 0.5) is 4.39 Å². The third kappa shape index (κ3) is 3.26. The van der Waals surface area contributed by atoms with Gasteiger partial charge in [-0.2, -0.15) is 0 Å². The van der Waals surface area contributed by atoms with Crippen molar-refractivity contribution in [2.24, 2.45) is 5.84 Å². The maximum absolute atomic E-state index is 13.6. The molecule has 110 valence electrons. The van der Waals surface area contributed by atoms with Crippen molar-refractivity contribution >= 4 is 12.2 Å². The van der Waals surface area contributed by atoms with Gasteiger partial charge < -0.3 is 9.15 Å². The van der Waals surface area contributed by atoms with Crippen molar-refractivity contribution in [3.63, 3.8) is 0 Å². The first-order chi connectivity index (χ1) is 10.0. The fourth-order valence-electron chi connectivity index (χ4n) is 1.71. The highest BCUT2D eigenvalue weighted by Crippen LogP contribution is 2.21. The fourth-order valence-corrected chi connectivity index (χ4v) is 1.71. The van der Waals surface area contributed by atoms with Crippen LogP contribution in [0, 0.1) is 12.7 Å². The number of aldehydes is 1. The Kier molecular flexibility index (Phi) is 4.34. The second-order valence-electron chi connectivity index (χ2n) is 4.26. The first-order valence-electron chi connectivity index (χ1n) is 6.03. The summed E-state index contributed by atoms with van der Waals surface area (Å²) >= 11 is 0. The minimum absolute atomic E-state index is 0.00558. The molecule has 0 aliphatic carbocycles. The van der Waals surface area contributed by atoms with Gasteiger partial charge in [0, 0.05) is 11.1 Å². The zero-order chi connectivity index (χ0) is 15.4. The lowest BCUT2D eigenvalue weighted by Crippen LogP contribution is -2.29. The number of halogens is 1. The lowest BCUT2D eigenvalue weighted by molar-refractivity contribution is 0.0924. The van der Waals surface area contributed by atoms with Gasteiger partial charge in [0.05, 0.1) is 0 Å². The molecule has 1 aromatic carbocycles. The van der Waals surface area contributed by atoms with Gasteiger partial charge in [-0.1, -0.05) is 0 Å². The van der Waals surface area contributed by atoms with E-state index in [0.717, 1.165) is 6.07 Å². The number of hydrogen-bond donors (Lipinski definition) is 2. The molecular weight excluding hydrogens is 279 g/mol. The van der Waals surface area contributed by atoms with Crippen LogP contribution >= 0.6 is 0 Å². The molecule has 0 radical (unpaired) electrons. The maximum atomic E-state index is 13.6. The Hall–Kier alpha value is -2.67. The van der Waals surface area contributed by atoms with Crippen LogP contribution in [0.1, 0.15) is 32.2 Å². The lowest BCUT2D eigenvalue weighted by atomic mass is 10.2. The van der Waals surface area contributed by atoms with Gasteiger partial charge in [-0.15, -0.1) is 0 Å². The molecule has 0 spiro atoms. The maximum Gasteiger partial charge on any atom is 0.300 e. The predicted octanol–water partition coefficient (Wildman–Crippen LogP) is 1.72. The van der Waals surface area contributed by atoms with Crippen molar-refractivity contribution in [3.05, 3.63) is 52.7 Å². The van der Waals surface area contributed by atoms with Gasteiger partial charge in [0.25, 0.3) is 0 Å². The van der Waals surface area contributed by atoms with Crippen LogP contribution in [0.2, 0.25) is 0 Å². The Balaban J connectivity index is 2.11. The first kappa shape index (κ1) is 14.7. The van der Waals surface area contributed by atoms with Gasteiger partial charge in [0.15, 0.2) is 17.3 Å². The van der Waals surface area contributed by atoms with Gasteiger partial charge in [-0.3, -0.25) is 15.0 Å². The molecule has 0 bridgehead atoms. The van der Waals surface area contributed by atoms with Crippen molar-refractivity contribution in [1.82, 2.24) is 5.43 Å². The molecule has 0 saturated heterocycles. The van der Waals surface area contributed by atoms with E-state index in [1.165, 1.54) is 18.2 Å². The Morgan fingerprint density at radius 3 is 2.86 bits per heavy atom. The molecule has 6 nitrogen and oxygen atoms in total. The largest absolute Gasteiger partial charge is 0.486 e. The number of ether oxygens (including phenoxy) is 1. The number of aryl methyl sites for hydroxylation is 1. The summed E-state index contributed by atoms with van der Waals surface area (Å²) in [6.45, 7) is 1.67. The van der Waals surface area contributed by atoms with E-state index in [-0.39, 0.29) is 23.7 Å². The average Bonchev–Trinajstić information content (AvgIpc) is 2.86. The second kappa shape index (κ2) is 6.19. The molecule has 2 aromatic rings. The van der Waals surface area contributed by atoms with Crippen molar-refractivity contribution < 1.29 is 23.1 Å². The smallest absolute Gasteiger partial charge is 0.300 e. The van der Waals surface area contributed by atoms with E-state index < -0.39 is 11.7 Å². The van der Waals surface area contributed by atoms with Crippen LogP contribution in [-0.2, 0) is 6.61 Å². The van der Waals surface area contributed by atoms with E-state index in [0.29, 0.717) is 17.6 Å². The number of furan rings is 1. The van der Waals surface area contributed by atoms with Crippen LogP contribution in [0.15, 0.2) is 28.7 Å². The highest BCUT2D eigenvalue weighted by atomic mass is 19.1. The van der Waals surface area contributed by atoms with Crippen molar-refractivity contribution in [2.75, 3.05) is 0 Å². The number of carbonyl (C=O) groups is 2. The highest BCUT2D eigenvalue weighted by Gasteiger charge is 2.14. The summed E-state index contributed by atoms with van der Waals surface area (Å²) in [4.78, 5) is 21.8. The predicted molar refractivity (Wildman–Crippen MR) is 71.2 cm³/mol. The molecule has 0 unspecified atom stereocenters. The molecule has 0 aliphatic rings. The summed E-state index contributed by atoms with van der Waals surface area (Å²) in [5.41, 5.74) is 2.76. The zero-order valence-electron chi connectivity index (χ0n) is 11.2. The number of rotatable bonds is 5.